The van der Waals surface area contributed by atoms with Gasteiger partial charge in [-0.15, -0.1) is 0 Å². The van der Waals surface area contributed by atoms with Gasteiger partial charge in [0.2, 0.25) is 11.8 Å². The molecule has 5 rings (SSSR count). The van der Waals surface area contributed by atoms with Crippen LogP contribution in [0.1, 0.15) is 29.6 Å². The molecule has 2 aromatic rings. The number of amides is 3. The quantitative estimate of drug-likeness (QED) is 0.852. The topological polar surface area (TPSA) is 66.5 Å². The van der Waals surface area contributed by atoms with Gasteiger partial charge in [-0.2, -0.15) is 0 Å². The van der Waals surface area contributed by atoms with Crippen LogP contribution in [0.5, 0.6) is 0 Å². The van der Waals surface area contributed by atoms with E-state index in [-0.39, 0.29) is 29.6 Å². The molecule has 0 spiro atoms. The van der Waals surface area contributed by atoms with Gasteiger partial charge in [0.1, 0.15) is 0 Å². The molecule has 1 heterocycles. The molecule has 0 aromatic heterocycles. The molecule has 3 fully saturated rings. The van der Waals surface area contributed by atoms with E-state index >= 15 is 0 Å². The Bertz CT molecular complexity index is 894. The first-order chi connectivity index (χ1) is 13.1. The summed E-state index contributed by atoms with van der Waals surface area (Å²) < 4.78 is 0. The average Bonchev–Trinajstić information content (AvgIpc) is 3.37. The fraction of sp³-hybridized carbons (Fsp3) is 0.318. The van der Waals surface area contributed by atoms with Crippen LogP contribution in [-0.2, 0) is 9.59 Å². The zero-order valence-corrected chi connectivity index (χ0v) is 14.8. The van der Waals surface area contributed by atoms with Crippen molar-refractivity contribution in [1.29, 1.82) is 0 Å². The Morgan fingerprint density at radius 3 is 2.04 bits per heavy atom. The largest absolute Gasteiger partial charge is 0.322 e. The summed E-state index contributed by atoms with van der Waals surface area (Å²) in [5.41, 5.74) is 1.77. The van der Waals surface area contributed by atoms with E-state index in [0.29, 0.717) is 23.1 Å². The maximum atomic E-state index is 12.9. The van der Waals surface area contributed by atoms with Crippen LogP contribution in [-0.4, -0.2) is 17.7 Å². The molecule has 3 amide bonds. The standard InChI is InChI=1S/C22H20N2O3/c25-20(23-16-4-2-1-3-5-16)13-8-10-17(11-9-13)24-21(26)18-14-6-7-15(12-14)19(18)22(24)27/h1-5,8-11,14-15,18-19H,6-7,12H2,(H,23,25)/t14-,15-,18+,19+/m0/s1. The summed E-state index contributed by atoms with van der Waals surface area (Å²) in [5.74, 6) is 0.156. The number of fused-ring (bicyclic) bond motifs is 5. The molecule has 1 aliphatic heterocycles. The van der Waals surface area contributed by atoms with E-state index in [4.69, 9.17) is 0 Å². The molecule has 2 aliphatic carbocycles. The second-order valence-electron chi connectivity index (χ2n) is 7.76. The van der Waals surface area contributed by atoms with Crippen LogP contribution in [0.25, 0.3) is 0 Å². The van der Waals surface area contributed by atoms with Crippen molar-refractivity contribution in [1.82, 2.24) is 0 Å². The summed E-state index contributed by atoms with van der Waals surface area (Å²) in [6.45, 7) is 0. The van der Waals surface area contributed by atoms with Crippen LogP contribution in [0, 0.1) is 23.7 Å². The molecule has 3 aliphatic rings. The molecule has 2 bridgehead atoms. The number of rotatable bonds is 3. The number of hydrogen-bond acceptors (Lipinski definition) is 3. The predicted molar refractivity (Wildman–Crippen MR) is 101 cm³/mol. The lowest BCUT2D eigenvalue weighted by Gasteiger charge is -2.19. The Kier molecular flexibility index (Phi) is 3.64. The third kappa shape index (κ3) is 2.49. The third-order valence-electron chi connectivity index (χ3n) is 6.35. The van der Waals surface area contributed by atoms with Crippen LogP contribution in [0.15, 0.2) is 54.6 Å². The van der Waals surface area contributed by atoms with E-state index in [1.807, 2.05) is 30.3 Å². The van der Waals surface area contributed by atoms with Gasteiger partial charge < -0.3 is 5.32 Å². The van der Waals surface area contributed by atoms with Crippen LogP contribution in [0.3, 0.4) is 0 Å². The van der Waals surface area contributed by atoms with E-state index in [2.05, 4.69) is 5.32 Å². The van der Waals surface area contributed by atoms with Crippen LogP contribution in [0.4, 0.5) is 11.4 Å². The van der Waals surface area contributed by atoms with Gasteiger partial charge in [-0.1, -0.05) is 18.2 Å². The number of carbonyl (C=O) groups excluding carboxylic acids is 3. The van der Waals surface area contributed by atoms with Crippen molar-refractivity contribution in [2.75, 3.05) is 10.2 Å². The van der Waals surface area contributed by atoms with E-state index in [0.717, 1.165) is 24.9 Å². The summed E-state index contributed by atoms with van der Waals surface area (Å²) in [4.78, 5) is 39.5. The van der Waals surface area contributed by atoms with Gasteiger partial charge in [0.05, 0.1) is 17.5 Å². The fourth-order valence-electron chi connectivity index (χ4n) is 5.15. The zero-order valence-electron chi connectivity index (χ0n) is 14.8. The van der Waals surface area contributed by atoms with Crippen molar-refractivity contribution in [3.05, 3.63) is 60.2 Å². The number of anilines is 2. The van der Waals surface area contributed by atoms with Crippen molar-refractivity contribution >= 4 is 29.1 Å². The van der Waals surface area contributed by atoms with Crippen molar-refractivity contribution in [2.45, 2.75) is 19.3 Å². The molecule has 5 nitrogen and oxygen atoms in total. The summed E-state index contributed by atoms with van der Waals surface area (Å²) in [5, 5.41) is 2.83. The summed E-state index contributed by atoms with van der Waals surface area (Å²) in [6.07, 6.45) is 3.16. The molecule has 1 N–H and O–H groups in total. The summed E-state index contributed by atoms with van der Waals surface area (Å²) in [7, 11) is 0. The van der Waals surface area contributed by atoms with Gasteiger partial charge in [-0.3, -0.25) is 19.3 Å². The number of benzene rings is 2. The Morgan fingerprint density at radius 2 is 1.44 bits per heavy atom. The Labute approximate surface area is 157 Å². The Morgan fingerprint density at radius 1 is 0.852 bits per heavy atom. The van der Waals surface area contributed by atoms with Gasteiger partial charge in [0.15, 0.2) is 0 Å². The minimum absolute atomic E-state index is 0.0568. The van der Waals surface area contributed by atoms with E-state index in [1.54, 1.807) is 24.3 Å². The molecule has 0 unspecified atom stereocenters. The molecule has 2 saturated carbocycles. The van der Waals surface area contributed by atoms with Crippen molar-refractivity contribution in [2.24, 2.45) is 23.7 Å². The number of nitrogens with zero attached hydrogens (tertiary/aromatic N) is 1. The average molecular weight is 360 g/mol. The molecular weight excluding hydrogens is 340 g/mol. The van der Waals surface area contributed by atoms with Crippen molar-refractivity contribution < 1.29 is 14.4 Å². The Hall–Kier alpha value is -2.95. The second-order valence-corrected chi connectivity index (χ2v) is 7.76. The first-order valence-electron chi connectivity index (χ1n) is 9.48. The minimum atomic E-state index is -0.221. The van der Waals surface area contributed by atoms with Gasteiger partial charge in [-0.05, 0) is 67.5 Å². The van der Waals surface area contributed by atoms with Crippen molar-refractivity contribution in [3.63, 3.8) is 0 Å². The summed E-state index contributed by atoms with van der Waals surface area (Å²) >= 11 is 0. The molecule has 4 atom stereocenters. The lowest BCUT2D eigenvalue weighted by molar-refractivity contribution is -0.123. The number of para-hydroxylation sites is 1. The van der Waals surface area contributed by atoms with Gasteiger partial charge >= 0.3 is 0 Å². The highest BCUT2D eigenvalue weighted by Gasteiger charge is 2.61. The number of hydrogen-bond donors (Lipinski definition) is 1. The molecule has 5 heteroatoms. The van der Waals surface area contributed by atoms with Crippen LogP contribution in [0.2, 0.25) is 0 Å². The number of nitrogens with one attached hydrogen (secondary N) is 1. The highest BCUT2D eigenvalue weighted by Crippen LogP contribution is 2.56. The monoisotopic (exact) mass is 360 g/mol. The molecule has 1 saturated heterocycles. The number of carbonyl (C=O) groups is 3. The summed E-state index contributed by atoms with van der Waals surface area (Å²) in [6, 6.07) is 15.9. The smallest absolute Gasteiger partial charge is 0.255 e. The third-order valence-corrected chi connectivity index (χ3v) is 6.35. The van der Waals surface area contributed by atoms with Gasteiger partial charge in [0.25, 0.3) is 5.91 Å². The van der Waals surface area contributed by atoms with Crippen LogP contribution >= 0.6 is 0 Å². The van der Waals surface area contributed by atoms with Gasteiger partial charge in [-0.25, -0.2) is 0 Å². The minimum Gasteiger partial charge on any atom is -0.322 e. The SMILES string of the molecule is O=C(Nc1ccccc1)c1ccc(N2C(=O)[C@@H]3[C@H]4CC[C@@H](C4)[C@H]3C2=O)cc1. The lowest BCUT2D eigenvalue weighted by atomic mass is 9.81. The molecule has 27 heavy (non-hydrogen) atoms. The second kappa shape index (κ2) is 6.05. The van der Waals surface area contributed by atoms with Crippen LogP contribution < -0.4 is 10.2 Å². The Balaban J connectivity index is 1.36. The van der Waals surface area contributed by atoms with Gasteiger partial charge in [0, 0.05) is 11.3 Å². The maximum absolute atomic E-state index is 12.9. The van der Waals surface area contributed by atoms with E-state index in [1.165, 1.54) is 4.90 Å². The lowest BCUT2D eigenvalue weighted by Crippen LogP contribution is -2.32. The fourth-order valence-corrected chi connectivity index (χ4v) is 5.15. The molecular formula is C22H20N2O3. The number of imide groups is 1. The highest BCUT2D eigenvalue weighted by atomic mass is 16.2. The van der Waals surface area contributed by atoms with E-state index in [9.17, 15) is 14.4 Å². The molecule has 136 valence electrons. The first-order valence-corrected chi connectivity index (χ1v) is 9.48. The highest BCUT2D eigenvalue weighted by molar-refractivity contribution is 6.22. The molecule has 2 aromatic carbocycles. The van der Waals surface area contributed by atoms with Crippen molar-refractivity contribution in [3.8, 4) is 0 Å². The first kappa shape index (κ1) is 16.2. The molecule has 0 radical (unpaired) electrons. The zero-order chi connectivity index (χ0) is 18.5. The normalized spacial score (nSPS) is 28.5. The predicted octanol–water partition coefficient (Wildman–Crippen LogP) is 3.47. The maximum Gasteiger partial charge on any atom is 0.255 e. The van der Waals surface area contributed by atoms with E-state index < -0.39 is 0 Å².